The van der Waals surface area contributed by atoms with E-state index in [4.69, 9.17) is 0 Å². The molecule has 1 aromatic heterocycles. The normalized spacial score (nSPS) is 9.46. The number of nitrogens with zero attached hydrogens (tertiary/aromatic N) is 3. The molecule has 1 rings (SSSR count). The Labute approximate surface area is 75.1 Å². The second kappa shape index (κ2) is 3.79. The Morgan fingerprint density at radius 3 is 2.69 bits per heavy atom. The van der Waals surface area contributed by atoms with E-state index in [-0.39, 0.29) is 11.5 Å². The molecule has 13 heavy (non-hydrogen) atoms. The van der Waals surface area contributed by atoms with Crippen molar-refractivity contribution >= 4 is 11.7 Å². The van der Waals surface area contributed by atoms with Crippen LogP contribution in [-0.2, 0) is 0 Å². The maximum Gasteiger partial charge on any atom is 0.274 e. The van der Waals surface area contributed by atoms with Crippen molar-refractivity contribution in [3.8, 4) is 0 Å². The van der Waals surface area contributed by atoms with E-state index in [1.807, 2.05) is 13.8 Å². The van der Waals surface area contributed by atoms with Crippen molar-refractivity contribution in [3.63, 3.8) is 0 Å². The molecule has 6 heteroatoms. The van der Waals surface area contributed by atoms with E-state index < -0.39 is 0 Å². The van der Waals surface area contributed by atoms with E-state index >= 15 is 0 Å². The highest BCUT2D eigenvalue weighted by molar-refractivity contribution is 5.79. The van der Waals surface area contributed by atoms with Crippen LogP contribution in [0.5, 0.6) is 0 Å². The Morgan fingerprint density at radius 2 is 2.15 bits per heavy atom. The maximum atomic E-state index is 11.0. The summed E-state index contributed by atoms with van der Waals surface area (Å²) in [6, 6.07) is 0. The quantitative estimate of drug-likeness (QED) is 0.507. The third-order valence-electron chi connectivity index (χ3n) is 1.25. The van der Waals surface area contributed by atoms with Crippen LogP contribution in [0.4, 0.5) is 5.95 Å². The van der Waals surface area contributed by atoms with Gasteiger partial charge in [-0.05, 0) is 20.8 Å². The lowest BCUT2D eigenvalue weighted by Crippen LogP contribution is -2.15. The van der Waals surface area contributed by atoms with Crippen LogP contribution < -0.4 is 11.0 Å². The minimum absolute atomic E-state index is 0.247. The first-order valence-corrected chi connectivity index (χ1v) is 3.80. The number of hydrazone groups is 1. The van der Waals surface area contributed by atoms with Crippen molar-refractivity contribution in [1.82, 2.24) is 15.2 Å². The minimum Gasteiger partial charge on any atom is -0.288 e. The Balaban J connectivity index is 2.86. The van der Waals surface area contributed by atoms with Crippen molar-refractivity contribution < 1.29 is 0 Å². The highest BCUT2D eigenvalue weighted by Gasteiger charge is 1.97. The summed E-state index contributed by atoms with van der Waals surface area (Å²) in [4.78, 5) is 13.5. The van der Waals surface area contributed by atoms with Gasteiger partial charge < -0.3 is 0 Å². The Kier molecular flexibility index (Phi) is 2.73. The summed E-state index contributed by atoms with van der Waals surface area (Å²) < 4.78 is 0. The van der Waals surface area contributed by atoms with Gasteiger partial charge in [-0.3, -0.25) is 9.78 Å². The second-order valence-corrected chi connectivity index (χ2v) is 2.76. The number of aryl methyl sites for hydroxylation is 1. The van der Waals surface area contributed by atoms with E-state index in [0.29, 0.717) is 5.69 Å². The molecule has 0 spiro atoms. The fraction of sp³-hybridized carbons (Fsp3) is 0.429. The molecule has 70 valence electrons. The second-order valence-electron chi connectivity index (χ2n) is 2.76. The average Bonchev–Trinajstić information content (AvgIpc) is 2.07. The maximum absolute atomic E-state index is 11.0. The lowest BCUT2D eigenvalue weighted by atomic mass is 10.5. The van der Waals surface area contributed by atoms with E-state index in [2.05, 4.69) is 25.7 Å². The van der Waals surface area contributed by atoms with Gasteiger partial charge in [-0.1, -0.05) is 0 Å². The standard InChI is InChI=1S/C7H11N5O/c1-4(2)9-11-7-8-6(13)5(3)10-12-7/h1-3H3,(H2,8,11,12,13). The lowest BCUT2D eigenvalue weighted by Gasteiger charge is -1.97. The molecule has 0 atom stereocenters. The number of rotatable bonds is 2. The number of aromatic amines is 1. The van der Waals surface area contributed by atoms with Crippen LogP contribution in [0, 0.1) is 6.92 Å². The zero-order valence-electron chi connectivity index (χ0n) is 7.75. The van der Waals surface area contributed by atoms with Crippen LogP contribution in [0.1, 0.15) is 19.5 Å². The fourth-order valence-electron chi connectivity index (χ4n) is 0.608. The molecule has 1 aromatic rings. The van der Waals surface area contributed by atoms with Gasteiger partial charge in [-0.2, -0.15) is 5.10 Å². The van der Waals surface area contributed by atoms with Crippen LogP contribution in [0.25, 0.3) is 0 Å². The molecule has 0 radical (unpaired) electrons. The largest absolute Gasteiger partial charge is 0.288 e. The van der Waals surface area contributed by atoms with Crippen LogP contribution in [-0.4, -0.2) is 20.9 Å². The van der Waals surface area contributed by atoms with Gasteiger partial charge in [0.15, 0.2) is 0 Å². The molecule has 0 saturated heterocycles. The number of hydrogen-bond acceptors (Lipinski definition) is 5. The summed E-state index contributed by atoms with van der Waals surface area (Å²) >= 11 is 0. The molecule has 0 unspecified atom stereocenters. The molecule has 0 bridgehead atoms. The number of anilines is 1. The molecule has 0 aliphatic carbocycles. The molecule has 0 saturated carbocycles. The predicted octanol–water partition coefficient (Wildman–Crippen LogP) is 0.281. The summed E-state index contributed by atoms with van der Waals surface area (Å²) in [5, 5.41) is 11.2. The highest BCUT2D eigenvalue weighted by Crippen LogP contribution is 1.90. The topological polar surface area (TPSA) is 83.0 Å². The molecule has 0 fully saturated rings. The SMILES string of the molecule is CC(C)=NNc1nnc(C)c(=O)[nH]1. The third-order valence-corrected chi connectivity index (χ3v) is 1.25. The molecule has 0 aliphatic heterocycles. The third kappa shape index (κ3) is 2.66. The van der Waals surface area contributed by atoms with Gasteiger partial charge in [-0.15, -0.1) is 10.2 Å². The van der Waals surface area contributed by atoms with E-state index in [9.17, 15) is 4.79 Å². The van der Waals surface area contributed by atoms with Crippen molar-refractivity contribution in [3.05, 3.63) is 16.0 Å². The summed E-state index contributed by atoms with van der Waals surface area (Å²) in [5.74, 6) is 0.247. The molecule has 0 amide bonds. The van der Waals surface area contributed by atoms with Gasteiger partial charge >= 0.3 is 0 Å². The van der Waals surface area contributed by atoms with Crippen LogP contribution in [0.2, 0.25) is 0 Å². The summed E-state index contributed by atoms with van der Waals surface area (Å²) in [5.41, 5.74) is 3.48. The fourth-order valence-corrected chi connectivity index (χ4v) is 0.608. The van der Waals surface area contributed by atoms with Gasteiger partial charge in [0.25, 0.3) is 5.56 Å². The first-order valence-electron chi connectivity index (χ1n) is 3.80. The minimum atomic E-state index is -0.263. The smallest absolute Gasteiger partial charge is 0.274 e. The Hall–Kier alpha value is -1.72. The summed E-state index contributed by atoms with van der Waals surface area (Å²) in [7, 11) is 0. The van der Waals surface area contributed by atoms with Crippen LogP contribution in [0.15, 0.2) is 9.90 Å². The molecule has 0 aromatic carbocycles. The molecule has 0 aliphatic rings. The molecule has 1 heterocycles. The van der Waals surface area contributed by atoms with Gasteiger partial charge in [0.2, 0.25) is 5.95 Å². The molecule has 6 nitrogen and oxygen atoms in total. The zero-order chi connectivity index (χ0) is 9.84. The van der Waals surface area contributed by atoms with E-state index in [0.717, 1.165) is 5.71 Å². The number of aromatic nitrogens is 3. The number of hydrogen-bond donors (Lipinski definition) is 2. The van der Waals surface area contributed by atoms with E-state index in [1.165, 1.54) is 0 Å². The lowest BCUT2D eigenvalue weighted by molar-refractivity contribution is 0.897. The molecule has 2 N–H and O–H groups in total. The van der Waals surface area contributed by atoms with Gasteiger partial charge in [0.1, 0.15) is 5.69 Å². The highest BCUT2D eigenvalue weighted by atomic mass is 16.1. The van der Waals surface area contributed by atoms with Crippen LogP contribution in [0.3, 0.4) is 0 Å². The molecular weight excluding hydrogens is 170 g/mol. The molecular formula is C7H11N5O. The summed E-state index contributed by atoms with van der Waals surface area (Å²) in [6.45, 7) is 5.24. The van der Waals surface area contributed by atoms with Gasteiger partial charge in [0, 0.05) is 5.71 Å². The predicted molar refractivity (Wildman–Crippen MR) is 49.8 cm³/mol. The van der Waals surface area contributed by atoms with Crippen molar-refractivity contribution in [2.45, 2.75) is 20.8 Å². The van der Waals surface area contributed by atoms with Gasteiger partial charge in [0.05, 0.1) is 0 Å². The Morgan fingerprint density at radius 1 is 1.46 bits per heavy atom. The van der Waals surface area contributed by atoms with Crippen molar-refractivity contribution in [1.29, 1.82) is 0 Å². The zero-order valence-corrected chi connectivity index (χ0v) is 7.75. The summed E-state index contributed by atoms with van der Waals surface area (Å²) in [6.07, 6.45) is 0. The van der Waals surface area contributed by atoms with Crippen molar-refractivity contribution in [2.24, 2.45) is 5.10 Å². The number of nitrogens with one attached hydrogen (secondary N) is 2. The van der Waals surface area contributed by atoms with Crippen molar-refractivity contribution in [2.75, 3.05) is 5.43 Å². The van der Waals surface area contributed by atoms with E-state index in [1.54, 1.807) is 6.92 Å². The first-order chi connectivity index (χ1) is 6.09. The average molecular weight is 181 g/mol. The monoisotopic (exact) mass is 181 g/mol. The number of H-pyrrole nitrogens is 1. The first kappa shape index (κ1) is 9.37. The van der Waals surface area contributed by atoms with Gasteiger partial charge in [-0.25, -0.2) is 5.43 Å². The van der Waals surface area contributed by atoms with Crippen LogP contribution >= 0.6 is 0 Å². The Bertz CT molecular complexity index is 377.